The van der Waals surface area contributed by atoms with Crippen LogP contribution >= 0.6 is 0 Å². The summed E-state index contributed by atoms with van der Waals surface area (Å²) >= 11 is 0. The molecule has 0 aromatic heterocycles. The fourth-order valence-corrected chi connectivity index (χ4v) is 4.93. The molecule has 2 aliphatic heterocycles. The third-order valence-electron chi connectivity index (χ3n) is 7.03. The van der Waals surface area contributed by atoms with Crippen molar-refractivity contribution >= 4 is 18.5 Å². The van der Waals surface area contributed by atoms with Gasteiger partial charge in [0.05, 0.1) is 19.2 Å². The topological polar surface area (TPSA) is 68.4 Å². The van der Waals surface area contributed by atoms with Crippen LogP contribution in [0.2, 0.25) is 0 Å². The number of rotatable bonds is 4. The maximum absolute atomic E-state index is 12.7. The lowest BCUT2D eigenvalue weighted by atomic mass is 9.47. The zero-order chi connectivity index (χ0) is 20.6. The van der Waals surface area contributed by atoms with Crippen molar-refractivity contribution in [2.75, 3.05) is 13.1 Å². The molecule has 6 nitrogen and oxygen atoms in total. The number of hydrogen-bond acceptors (Lipinski definition) is 6. The van der Waals surface area contributed by atoms with Crippen LogP contribution in [-0.2, 0) is 23.6 Å². The quantitative estimate of drug-likeness (QED) is 0.440. The molecule has 0 amide bonds. The summed E-state index contributed by atoms with van der Waals surface area (Å²) in [6.45, 7) is 5.55. The second-order valence-electron chi connectivity index (χ2n) is 8.99. The first-order chi connectivity index (χ1) is 13.8. The van der Waals surface area contributed by atoms with Gasteiger partial charge in [0.25, 0.3) is 11.9 Å². The minimum atomic E-state index is -2.51. The van der Waals surface area contributed by atoms with Gasteiger partial charge in [-0.05, 0) is 38.1 Å². The SMILES string of the molecule is [CH2+][B-]1([C@]2(C)O[C@H]2c2ccccc2)OC(=O)CN([C@@H](C)C2CCCCC2)CC(=O)O1. The monoisotopic (exact) mass is 399 g/mol. The molecule has 156 valence electrons. The van der Waals surface area contributed by atoms with Crippen molar-refractivity contribution < 1.29 is 23.6 Å². The highest BCUT2D eigenvalue weighted by Gasteiger charge is 2.72. The highest BCUT2D eigenvalue weighted by molar-refractivity contribution is 6.76. The van der Waals surface area contributed by atoms with Gasteiger partial charge in [-0.25, -0.2) is 0 Å². The molecule has 1 aliphatic carbocycles. The van der Waals surface area contributed by atoms with Gasteiger partial charge in [0.1, 0.15) is 5.50 Å². The molecule has 2 heterocycles. The zero-order valence-electron chi connectivity index (χ0n) is 17.3. The third-order valence-corrected chi connectivity index (χ3v) is 7.03. The predicted octanol–water partition coefficient (Wildman–Crippen LogP) is 3.24. The van der Waals surface area contributed by atoms with Gasteiger partial charge in [0, 0.05) is 6.04 Å². The van der Waals surface area contributed by atoms with E-state index in [1.165, 1.54) is 19.3 Å². The van der Waals surface area contributed by atoms with Crippen molar-refractivity contribution in [2.45, 2.75) is 63.6 Å². The minimum absolute atomic E-state index is 0.0673. The van der Waals surface area contributed by atoms with E-state index < -0.39 is 24.0 Å². The van der Waals surface area contributed by atoms with Crippen LogP contribution < -0.4 is 0 Å². The van der Waals surface area contributed by atoms with Crippen molar-refractivity contribution in [2.24, 2.45) is 5.92 Å². The van der Waals surface area contributed by atoms with Crippen LogP contribution in [0.3, 0.4) is 0 Å². The van der Waals surface area contributed by atoms with Crippen molar-refractivity contribution in [3.05, 3.63) is 42.7 Å². The molecule has 3 atom stereocenters. The summed E-state index contributed by atoms with van der Waals surface area (Å²) in [5.41, 5.74) is -0.00860. The van der Waals surface area contributed by atoms with E-state index in [4.69, 9.17) is 14.0 Å². The number of carbonyl (C=O) groups excluding carboxylic acids is 2. The molecule has 7 heteroatoms. The van der Waals surface area contributed by atoms with Gasteiger partial charge in [-0.15, -0.1) is 0 Å². The second kappa shape index (κ2) is 7.69. The number of epoxide rings is 1. The standard InChI is InChI=1S/C22H30BNO5/c1-16(17-10-6-4-7-11-17)24-14-19(25)28-23(3,29-20(26)15-24)22(2)21(27-22)18-12-8-5-9-13-18/h5,8-9,12-13,16-17,21H,3-4,6-7,10-11,14-15H2,1-2H3/t16-,21-,22+/m0/s1. The van der Waals surface area contributed by atoms with E-state index >= 15 is 0 Å². The molecular formula is C22H30BNO5. The first-order valence-corrected chi connectivity index (χ1v) is 10.7. The molecule has 1 aromatic rings. The van der Waals surface area contributed by atoms with E-state index in [1.807, 2.05) is 35.2 Å². The van der Waals surface area contributed by atoms with E-state index in [9.17, 15) is 9.59 Å². The highest BCUT2D eigenvalue weighted by Crippen LogP contribution is 2.55. The molecule has 4 rings (SSSR count). The van der Waals surface area contributed by atoms with Crippen LogP contribution in [0.25, 0.3) is 0 Å². The molecular weight excluding hydrogens is 369 g/mol. The molecule has 0 unspecified atom stereocenters. The molecule has 1 aromatic carbocycles. The lowest BCUT2D eigenvalue weighted by Gasteiger charge is -2.41. The highest BCUT2D eigenvalue weighted by atomic mass is 16.7. The van der Waals surface area contributed by atoms with Crippen LogP contribution in [-0.4, -0.2) is 48.0 Å². The second-order valence-corrected chi connectivity index (χ2v) is 8.99. The van der Waals surface area contributed by atoms with Crippen molar-refractivity contribution in [1.29, 1.82) is 0 Å². The van der Waals surface area contributed by atoms with Gasteiger partial charge in [0.15, 0.2) is 0 Å². The molecule has 3 aliphatic rings. The van der Waals surface area contributed by atoms with Crippen LogP contribution in [0, 0.1) is 12.7 Å². The minimum Gasteiger partial charge on any atom is -0.614 e. The van der Waals surface area contributed by atoms with E-state index in [-0.39, 0.29) is 25.2 Å². The van der Waals surface area contributed by atoms with Crippen molar-refractivity contribution in [3.8, 4) is 0 Å². The largest absolute Gasteiger partial charge is 0.614 e. The Morgan fingerprint density at radius 1 is 1.07 bits per heavy atom. The van der Waals surface area contributed by atoms with Crippen molar-refractivity contribution in [1.82, 2.24) is 4.90 Å². The number of hydrogen-bond donors (Lipinski definition) is 0. The lowest BCUT2D eigenvalue weighted by molar-refractivity contribution is -0.149. The molecule has 0 bridgehead atoms. The van der Waals surface area contributed by atoms with E-state index in [0.29, 0.717) is 5.92 Å². The summed E-state index contributed by atoms with van der Waals surface area (Å²) in [4.78, 5) is 27.4. The maximum atomic E-state index is 12.7. The number of ether oxygens (including phenoxy) is 1. The summed E-state index contributed by atoms with van der Waals surface area (Å²) in [6.07, 6.45) is 5.63. The van der Waals surface area contributed by atoms with Crippen LogP contribution in [0.1, 0.15) is 57.6 Å². The Morgan fingerprint density at radius 2 is 1.66 bits per heavy atom. The van der Waals surface area contributed by atoms with Crippen molar-refractivity contribution in [3.63, 3.8) is 0 Å². The molecule has 1 saturated carbocycles. The van der Waals surface area contributed by atoms with Gasteiger partial charge in [0.2, 0.25) is 0 Å². The molecule has 0 spiro atoms. The first-order valence-electron chi connectivity index (χ1n) is 10.7. The molecule has 29 heavy (non-hydrogen) atoms. The molecule has 0 radical (unpaired) electrons. The van der Waals surface area contributed by atoms with Gasteiger partial charge in [-0.3, -0.25) is 14.5 Å². The van der Waals surface area contributed by atoms with E-state index in [2.05, 4.69) is 13.7 Å². The third kappa shape index (κ3) is 3.90. The normalized spacial score (nSPS) is 31.9. The lowest BCUT2D eigenvalue weighted by Crippen LogP contribution is -2.60. The summed E-state index contributed by atoms with van der Waals surface area (Å²) in [5, 5.41) is 0. The van der Waals surface area contributed by atoms with E-state index in [1.54, 1.807) is 6.92 Å². The first kappa shape index (κ1) is 20.3. The summed E-state index contributed by atoms with van der Waals surface area (Å²) in [6, 6.07) is 9.77. The average Bonchev–Trinajstić information content (AvgIpc) is 3.41. The van der Waals surface area contributed by atoms with Gasteiger partial charge in [-0.1, -0.05) is 56.5 Å². The molecule has 2 saturated heterocycles. The Labute approximate surface area is 172 Å². The zero-order valence-corrected chi connectivity index (χ0v) is 17.3. The van der Waals surface area contributed by atoms with Gasteiger partial charge >= 0.3 is 6.55 Å². The van der Waals surface area contributed by atoms with Crippen LogP contribution in [0.5, 0.6) is 0 Å². The summed E-state index contributed by atoms with van der Waals surface area (Å²) in [5.74, 6) is -0.345. The number of carbonyl (C=O) groups is 2. The Hall–Kier alpha value is -1.99. The van der Waals surface area contributed by atoms with Crippen LogP contribution in [0.4, 0.5) is 0 Å². The predicted molar refractivity (Wildman–Crippen MR) is 110 cm³/mol. The molecule has 3 fully saturated rings. The van der Waals surface area contributed by atoms with E-state index in [0.717, 1.165) is 18.4 Å². The van der Waals surface area contributed by atoms with Gasteiger partial charge in [-0.2, -0.15) is 0 Å². The fraction of sp³-hybridized carbons (Fsp3) is 0.591. The van der Waals surface area contributed by atoms with Gasteiger partial charge < -0.3 is 14.0 Å². The molecule has 0 N–H and O–H groups in total. The Bertz CT molecular complexity index is 746. The average molecular weight is 399 g/mol. The fourth-order valence-electron chi connectivity index (χ4n) is 4.93. The van der Waals surface area contributed by atoms with Crippen LogP contribution in [0.15, 0.2) is 30.3 Å². The Balaban J connectivity index is 1.48. The summed E-state index contributed by atoms with van der Waals surface area (Å²) < 4.78 is 17.3. The Morgan fingerprint density at radius 3 is 2.24 bits per heavy atom. The number of benzene rings is 1. The smallest absolute Gasteiger partial charge is 0.586 e. The maximum Gasteiger partial charge on any atom is 0.586 e. The Kier molecular flexibility index (Phi) is 5.38. The summed E-state index contributed by atoms with van der Waals surface area (Å²) in [7, 11) is 0. The number of nitrogens with zero attached hydrogens (tertiary/aromatic N) is 1.